The molecule has 106 valence electrons. The third-order valence-corrected chi connectivity index (χ3v) is 3.95. The monoisotopic (exact) mass is 496 g/mol. The normalized spacial score (nSPS) is 10.6. The van der Waals surface area contributed by atoms with Crippen LogP contribution in [-0.2, 0) is 0 Å². The maximum absolute atomic E-state index is 9.83. The first-order valence-corrected chi connectivity index (χ1v) is 8.24. The molecule has 2 aromatic rings. The molecule has 0 heterocycles. The molecular weight excluding hydrogens is 482 g/mol. The van der Waals surface area contributed by atoms with Crippen molar-refractivity contribution in [3.63, 3.8) is 0 Å². The zero-order valence-electron chi connectivity index (χ0n) is 10.6. The van der Waals surface area contributed by atoms with Crippen molar-refractivity contribution >= 4 is 45.2 Å². The minimum Gasteiger partial charge on any atom is -0.491 e. The summed E-state index contributed by atoms with van der Waals surface area (Å²) in [5.74, 6) is 1.50. The van der Waals surface area contributed by atoms with Crippen LogP contribution in [-0.4, -0.2) is 24.4 Å². The summed E-state index contributed by atoms with van der Waals surface area (Å²) in [7, 11) is 0. The van der Waals surface area contributed by atoms with Gasteiger partial charge in [-0.2, -0.15) is 0 Å². The molecule has 0 radical (unpaired) electrons. The number of aliphatic hydroxyl groups is 1. The van der Waals surface area contributed by atoms with E-state index < -0.39 is 6.10 Å². The molecule has 0 aliphatic carbocycles. The van der Waals surface area contributed by atoms with Gasteiger partial charge in [-0.3, -0.25) is 0 Å². The maximum Gasteiger partial charge on any atom is 0.122 e. The second-order valence-corrected chi connectivity index (χ2v) is 6.67. The van der Waals surface area contributed by atoms with E-state index in [1.807, 2.05) is 48.5 Å². The van der Waals surface area contributed by atoms with Crippen molar-refractivity contribution in [2.75, 3.05) is 13.2 Å². The summed E-state index contributed by atoms with van der Waals surface area (Å²) in [6.45, 7) is 0.427. The molecule has 1 N–H and O–H groups in total. The molecule has 0 aliphatic heterocycles. The molecule has 0 amide bonds. The number of benzene rings is 2. The Morgan fingerprint density at radius 2 is 1.10 bits per heavy atom. The summed E-state index contributed by atoms with van der Waals surface area (Å²) in [5, 5.41) is 9.83. The summed E-state index contributed by atoms with van der Waals surface area (Å²) in [5.41, 5.74) is 0. The first-order valence-electron chi connectivity index (χ1n) is 6.08. The fourth-order valence-corrected chi connectivity index (χ4v) is 2.21. The van der Waals surface area contributed by atoms with E-state index in [-0.39, 0.29) is 13.2 Å². The molecule has 0 saturated carbocycles. The third-order valence-electron chi connectivity index (χ3n) is 2.51. The minimum absolute atomic E-state index is 0.213. The third kappa shape index (κ3) is 5.45. The number of rotatable bonds is 6. The van der Waals surface area contributed by atoms with Crippen molar-refractivity contribution in [1.29, 1.82) is 0 Å². The van der Waals surface area contributed by atoms with Crippen LogP contribution in [0.3, 0.4) is 0 Å². The SMILES string of the molecule is OC(COc1ccc(I)cc1)COc1ccc(I)cc1. The van der Waals surface area contributed by atoms with E-state index in [0.29, 0.717) is 0 Å². The van der Waals surface area contributed by atoms with Crippen LogP contribution in [0.25, 0.3) is 0 Å². The van der Waals surface area contributed by atoms with Gasteiger partial charge in [-0.05, 0) is 93.7 Å². The van der Waals surface area contributed by atoms with Crippen LogP contribution in [0.2, 0.25) is 0 Å². The van der Waals surface area contributed by atoms with Crippen LogP contribution in [0.5, 0.6) is 11.5 Å². The molecular formula is C15H14I2O3. The second kappa shape index (κ2) is 8.04. The quantitative estimate of drug-likeness (QED) is 0.621. The molecule has 20 heavy (non-hydrogen) atoms. The fourth-order valence-electron chi connectivity index (χ4n) is 1.49. The second-order valence-electron chi connectivity index (χ2n) is 4.18. The standard InChI is InChI=1S/C15H14I2O3/c16-11-1-5-14(6-2-11)19-9-13(18)10-20-15-7-3-12(17)4-8-15/h1-8,13,18H,9-10H2. The lowest BCUT2D eigenvalue weighted by Gasteiger charge is -2.13. The van der Waals surface area contributed by atoms with E-state index in [1.54, 1.807) is 0 Å². The van der Waals surface area contributed by atoms with E-state index in [0.717, 1.165) is 18.6 Å². The number of hydrogen-bond donors (Lipinski definition) is 1. The Hall–Kier alpha value is -0.540. The van der Waals surface area contributed by atoms with Gasteiger partial charge in [0, 0.05) is 7.14 Å². The van der Waals surface area contributed by atoms with Gasteiger partial charge in [0.05, 0.1) is 0 Å². The molecule has 0 unspecified atom stereocenters. The van der Waals surface area contributed by atoms with Crippen LogP contribution in [0.15, 0.2) is 48.5 Å². The van der Waals surface area contributed by atoms with Crippen LogP contribution < -0.4 is 9.47 Å². The average molecular weight is 496 g/mol. The van der Waals surface area contributed by atoms with Crippen LogP contribution in [0.1, 0.15) is 0 Å². The molecule has 5 heteroatoms. The summed E-state index contributed by atoms with van der Waals surface area (Å²) in [6.07, 6.45) is -0.659. The molecule has 0 spiro atoms. The maximum atomic E-state index is 9.83. The lowest BCUT2D eigenvalue weighted by atomic mass is 10.3. The predicted molar refractivity (Wildman–Crippen MR) is 95.3 cm³/mol. The summed E-state index contributed by atoms with van der Waals surface area (Å²) in [6, 6.07) is 15.4. The highest BCUT2D eigenvalue weighted by atomic mass is 127. The first-order chi connectivity index (χ1) is 9.63. The van der Waals surface area contributed by atoms with E-state index in [1.165, 1.54) is 0 Å². The molecule has 0 atom stereocenters. The molecule has 3 nitrogen and oxygen atoms in total. The number of halogens is 2. The van der Waals surface area contributed by atoms with Gasteiger partial charge in [-0.15, -0.1) is 0 Å². The van der Waals surface area contributed by atoms with Crippen LogP contribution >= 0.6 is 45.2 Å². The smallest absolute Gasteiger partial charge is 0.122 e. The van der Waals surface area contributed by atoms with Gasteiger partial charge in [-0.1, -0.05) is 0 Å². The van der Waals surface area contributed by atoms with Crippen molar-refractivity contribution in [3.05, 3.63) is 55.7 Å². The lowest BCUT2D eigenvalue weighted by molar-refractivity contribution is 0.0626. The molecule has 0 saturated heterocycles. The van der Waals surface area contributed by atoms with Gasteiger partial charge >= 0.3 is 0 Å². The zero-order chi connectivity index (χ0) is 14.4. The first kappa shape index (κ1) is 15.8. The van der Waals surface area contributed by atoms with Gasteiger partial charge in [0.15, 0.2) is 0 Å². The summed E-state index contributed by atoms with van der Waals surface area (Å²) in [4.78, 5) is 0. The largest absolute Gasteiger partial charge is 0.491 e. The van der Waals surface area contributed by atoms with E-state index in [9.17, 15) is 5.11 Å². The van der Waals surface area contributed by atoms with E-state index >= 15 is 0 Å². The Kier molecular flexibility index (Phi) is 6.37. The van der Waals surface area contributed by atoms with Crippen molar-refractivity contribution in [1.82, 2.24) is 0 Å². The number of hydrogen-bond acceptors (Lipinski definition) is 3. The number of aliphatic hydroxyl groups excluding tert-OH is 1. The predicted octanol–water partition coefficient (Wildman–Crippen LogP) is 3.71. The highest BCUT2D eigenvalue weighted by molar-refractivity contribution is 14.1. The van der Waals surface area contributed by atoms with Crippen molar-refractivity contribution in [3.8, 4) is 11.5 Å². The van der Waals surface area contributed by atoms with Crippen molar-refractivity contribution in [2.24, 2.45) is 0 Å². The molecule has 0 aromatic heterocycles. The molecule has 0 bridgehead atoms. The Morgan fingerprint density at radius 3 is 1.45 bits per heavy atom. The Balaban J connectivity index is 1.73. The van der Waals surface area contributed by atoms with Crippen molar-refractivity contribution < 1.29 is 14.6 Å². The van der Waals surface area contributed by atoms with Gasteiger partial charge in [-0.25, -0.2) is 0 Å². The lowest BCUT2D eigenvalue weighted by Crippen LogP contribution is -2.25. The molecule has 2 rings (SSSR count). The Morgan fingerprint density at radius 1 is 0.750 bits per heavy atom. The number of ether oxygens (including phenoxy) is 2. The van der Waals surface area contributed by atoms with Crippen LogP contribution in [0, 0.1) is 7.14 Å². The molecule has 0 fully saturated rings. The zero-order valence-corrected chi connectivity index (χ0v) is 14.9. The Bertz CT molecular complexity index is 476. The van der Waals surface area contributed by atoms with Gasteiger partial charge in [0.1, 0.15) is 30.8 Å². The molecule has 2 aromatic carbocycles. The summed E-state index contributed by atoms with van der Waals surface area (Å²) < 4.78 is 13.3. The van der Waals surface area contributed by atoms with E-state index in [2.05, 4.69) is 45.2 Å². The van der Waals surface area contributed by atoms with Gasteiger partial charge in [0.2, 0.25) is 0 Å². The minimum atomic E-state index is -0.659. The van der Waals surface area contributed by atoms with Gasteiger partial charge < -0.3 is 14.6 Å². The van der Waals surface area contributed by atoms with Crippen molar-refractivity contribution in [2.45, 2.75) is 6.10 Å². The summed E-state index contributed by atoms with van der Waals surface area (Å²) >= 11 is 4.47. The molecule has 0 aliphatic rings. The highest BCUT2D eigenvalue weighted by Crippen LogP contribution is 2.15. The Labute approximate surface area is 145 Å². The topological polar surface area (TPSA) is 38.7 Å². The van der Waals surface area contributed by atoms with E-state index in [4.69, 9.17) is 9.47 Å². The average Bonchev–Trinajstić information content (AvgIpc) is 2.46. The highest BCUT2D eigenvalue weighted by Gasteiger charge is 2.06. The fraction of sp³-hybridized carbons (Fsp3) is 0.200. The van der Waals surface area contributed by atoms with Gasteiger partial charge in [0.25, 0.3) is 0 Å². The van der Waals surface area contributed by atoms with Crippen LogP contribution in [0.4, 0.5) is 0 Å².